The number of unbranched alkanes of at least 4 members (excludes halogenated alkanes) is 6. The smallest absolute Gasteiger partial charge is 0.234 e. The van der Waals surface area contributed by atoms with Crippen molar-refractivity contribution in [3.05, 3.63) is 24.4 Å². The van der Waals surface area contributed by atoms with Crippen molar-refractivity contribution in [1.29, 1.82) is 0 Å². The Balaban J connectivity index is 2.20. The molecule has 1 rings (SSSR count). The van der Waals surface area contributed by atoms with Crippen molar-refractivity contribution in [1.82, 2.24) is 5.32 Å². The Morgan fingerprint density at radius 2 is 1.83 bits per heavy atom. The second-order valence-corrected chi connectivity index (χ2v) is 5.55. The van der Waals surface area contributed by atoms with Crippen LogP contribution in [0.25, 0.3) is 0 Å². The van der Waals surface area contributed by atoms with Crippen molar-refractivity contribution in [2.45, 2.75) is 65.2 Å². The zero-order chi connectivity index (χ0) is 13.4. The predicted molar refractivity (Wildman–Crippen MR) is 77.1 cm³/mol. The highest BCUT2D eigenvalue weighted by molar-refractivity contribution is 5.89. The number of rotatable bonds is 9. The highest BCUT2D eigenvalue weighted by Gasteiger charge is 2.35. The average Bonchev–Trinajstić information content (AvgIpc) is 2.64. The Hall–Kier alpha value is -1.05. The molecule has 0 aromatic carbocycles. The summed E-state index contributed by atoms with van der Waals surface area (Å²) in [5.41, 5.74) is 0.554. The maximum absolute atomic E-state index is 11.9. The number of hydrogen-bond acceptors (Lipinski definition) is 1. The minimum atomic E-state index is -0.313. The Labute approximate surface area is 112 Å². The topological polar surface area (TPSA) is 29.1 Å². The SMILES string of the molecule is C=CC1=CC(C)(CCCCCCCCC)C(=O)N1. The van der Waals surface area contributed by atoms with Gasteiger partial charge in [-0.15, -0.1) is 0 Å². The molecule has 0 radical (unpaired) electrons. The highest BCUT2D eigenvalue weighted by Crippen LogP contribution is 2.32. The minimum absolute atomic E-state index is 0.128. The maximum Gasteiger partial charge on any atom is 0.234 e. The van der Waals surface area contributed by atoms with Crippen LogP contribution in [0.4, 0.5) is 0 Å². The van der Waals surface area contributed by atoms with E-state index >= 15 is 0 Å². The molecule has 0 aromatic rings. The van der Waals surface area contributed by atoms with Crippen molar-refractivity contribution < 1.29 is 4.79 Å². The minimum Gasteiger partial charge on any atom is -0.326 e. The molecule has 2 nitrogen and oxygen atoms in total. The molecule has 0 aliphatic carbocycles. The van der Waals surface area contributed by atoms with E-state index in [4.69, 9.17) is 0 Å². The number of nitrogens with one attached hydrogen (secondary N) is 1. The molecule has 1 atom stereocenters. The summed E-state index contributed by atoms with van der Waals surface area (Å²) in [7, 11) is 0. The second-order valence-electron chi connectivity index (χ2n) is 5.55. The third-order valence-corrected chi connectivity index (χ3v) is 3.77. The van der Waals surface area contributed by atoms with Gasteiger partial charge in [0.25, 0.3) is 0 Å². The fraction of sp³-hybridized carbons (Fsp3) is 0.688. The lowest BCUT2D eigenvalue weighted by atomic mass is 9.85. The number of hydrogen-bond donors (Lipinski definition) is 1. The Morgan fingerprint density at radius 1 is 1.22 bits per heavy atom. The maximum atomic E-state index is 11.9. The fourth-order valence-electron chi connectivity index (χ4n) is 2.46. The van der Waals surface area contributed by atoms with Gasteiger partial charge in [0.05, 0.1) is 5.41 Å². The van der Waals surface area contributed by atoms with Crippen LogP contribution in [0.2, 0.25) is 0 Å². The van der Waals surface area contributed by atoms with Crippen molar-refractivity contribution in [2.75, 3.05) is 0 Å². The van der Waals surface area contributed by atoms with Gasteiger partial charge in [0.2, 0.25) is 5.91 Å². The first-order valence-corrected chi connectivity index (χ1v) is 7.29. The molecule has 1 heterocycles. The van der Waals surface area contributed by atoms with E-state index in [1.54, 1.807) is 6.08 Å². The van der Waals surface area contributed by atoms with Crippen molar-refractivity contribution in [3.63, 3.8) is 0 Å². The quantitative estimate of drug-likeness (QED) is 0.605. The molecule has 2 heteroatoms. The van der Waals surface area contributed by atoms with Gasteiger partial charge in [-0.2, -0.15) is 0 Å². The standard InChI is InChI=1S/C16H27NO/c1-4-6-7-8-9-10-11-12-16(3)13-14(5-2)17-15(16)18/h5,13H,2,4,6-12H2,1,3H3,(H,17,18). The molecule has 0 bridgehead atoms. The first-order valence-electron chi connectivity index (χ1n) is 7.29. The van der Waals surface area contributed by atoms with E-state index in [0.717, 1.165) is 18.5 Å². The summed E-state index contributed by atoms with van der Waals surface area (Å²) in [6.45, 7) is 7.96. The van der Waals surface area contributed by atoms with Crippen molar-refractivity contribution >= 4 is 5.91 Å². The van der Waals surface area contributed by atoms with Crippen LogP contribution in [0.5, 0.6) is 0 Å². The normalized spacial score (nSPS) is 22.8. The molecule has 1 unspecified atom stereocenters. The number of amides is 1. The van der Waals surface area contributed by atoms with Gasteiger partial charge in [-0.3, -0.25) is 4.79 Å². The Bertz CT molecular complexity index is 319. The lowest BCUT2D eigenvalue weighted by Crippen LogP contribution is -2.29. The highest BCUT2D eigenvalue weighted by atomic mass is 16.2. The van der Waals surface area contributed by atoms with E-state index in [2.05, 4.69) is 18.8 Å². The molecular formula is C16H27NO. The van der Waals surface area contributed by atoms with Gasteiger partial charge in [-0.05, 0) is 25.5 Å². The largest absolute Gasteiger partial charge is 0.326 e. The third-order valence-electron chi connectivity index (χ3n) is 3.77. The van der Waals surface area contributed by atoms with E-state index in [-0.39, 0.29) is 11.3 Å². The van der Waals surface area contributed by atoms with Gasteiger partial charge < -0.3 is 5.32 Å². The summed E-state index contributed by atoms with van der Waals surface area (Å²) >= 11 is 0. The average molecular weight is 249 g/mol. The van der Waals surface area contributed by atoms with Crippen molar-refractivity contribution in [2.24, 2.45) is 5.41 Å². The van der Waals surface area contributed by atoms with Gasteiger partial charge in [-0.1, -0.05) is 58.4 Å². The monoisotopic (exact) mass is 249 g/mol. The van der Waals surface area contributed by atoms with Crippen LogP contribution in [-0.4, -0.2) is 5.91 Å². The molecule has 1 aliphatic rings. The van der Waals surface area contributed by atoms with Gasteiger partial charge >= 0.3 is 0 Å². The van der Waals surface area contributed by atoms with Crippen LogP contribution < -0.4 is 5.32 Å². The van der Waals surface area contributed by atoms with Crippen molar-refractivity contribution in [3.8, 4) is 0 Å². The number of carbonyl (C=O) groups is 1. The third kappa shape index (κ3) is 4.32. The fourth-order valence-corrected chi connectivity index (χ4v) is 2.46. The van der Waals surface area contributed by atoms with Crippen LogP contribution in [-0.2, 0) is 4.79 Å². The van der Waals surface area contributed by atoms with Crippen LogP contribution in [0.15, 0.2) is 24.4 Å². The molecule has 1 amide bonds. The summed E-state index contributed by atoms with van der Waals surface area (Å²) in [6.07, 6.45) is 13.7. The summed E-state index contributed by atoms with van der Waals surface area (Å²) in [4.78, 5) is 11.9. The van der Waals surface area contributed by atoms with E-state index in [1.807, 2.05) is 13.0 Å². The zero-order valence-electron chi connectivity index (χ0n) is 11.9. The molecule has 18 heavy (non-hydrogen) atoms. The summed E-state index contributed by atoms with van der Waals surface area (Å²) < 4.78 is 0. The summed E-state index contributed by atoms with van der Waals surface area (Å²) in [5.74, 6) is 0.128. The molecular weight excluding hydrogens is 222 g/mol. The summed E-state index contributed by atoms with van der Waals surface area (Å²) in [5, 5.41) is 2.87. The molecule has 1 aliphatic heterocycles. The lowest BCUT2D eigenvalue weighted by Gasteiger charge is -2.18. The first-order chi connectivity index (χ1) is 8.62. The molecule has 0 saturated carbocycles. The second kappa shape index (κ2) is 7.40. The van der Waals surface area contributed by atoms with E-state index in [0.29, 0.717) is 0 Å². The first kappa shape index (κ1) is 15.0. The molecule has 102 valence electrons. The van der Waals surface area contributed by atoms with Crippen LogP contribution in [0.1, 0.15) is 65.2 Å². The van der Waals surface area contributed by atoms with Crippen LogP contribution in [0, 0.1) is 5.41 Å². The summed E-state index contributed by atoms with van der Waals surface area (Å²) in [6, 6.07) is 0. The van der Waals surface area contributed by atoms with E-state index in [1.165, 1.54) is 38.5 Å². The van der Waals surface area contributed by atoms with E-state index < -0.39 is 0 Å². The van der Waals surface area contributed by atoms with E-state index in [9.17, 15) is 4.79 Å². The molecule has 0 fully saturated rings. The zero-order valence-corrected chi connectivity index (χ0v) is 11.9. The Morgan fingerprint density at radius 3 is 2.39 bits per heavy atom. The van der Waals surface area contributed by atoms with Crippen LogP contribution >= 0.6 is 0 Å². The molecule has 0 aromatic heterocycles. The van der Waals surface area contributed by atoms with Gasteiger partial charge in [-0.25, -0.2) is 0 Å². The number of allylic oxidation sites excluding steroid dienone is 1. The lowest BCUT2D eigenvalue weighted by molar-refractivity contribution is -0.126. The predicted octanol–water partition coefficient (Wildman–Crippen LogP) is 4.33. The van der Waals surface area contributed by atoms with Gasteiger partial charge in [0, 0.05) is 5.70 Å². The Kier molecular flexibility index (Phi) is 6.17. The number of carbonyl (C=O) groups excluding carboxylic acids is 1. The van der Waals surface area contributed by atoms with Gasteiger partial charge in [0.15, 0.2) is 0 Å². The molecule has 0 spiro atoms. The van der Waals surface area contributed by atoms with Crippen LogP contribution in [0.3, 0.4) is 0 Å². The van der Waals surface area contributed by atoms with Gasteiger partial charge in [0.1, 0.15) is 0 Å². The molecule has 1 N–H and O–H groups in total. The molecule has 0 saturated heterocycles.